The zero-order valence-electron chi connectivity index (χ0n) is 19.7. The van der Waals surface area contributed by atoms with Crippen molar-refractivity contribution in [1.82, 2.24) is 25.0 Å². The van der Waals surface area contributed by atoms with Crippen LogP contribution in [-0.2, 0) is 13.2 Å². The monoisotopic (exact) mass is 509 g/mol. The third-order valence-electron chi connectivity index (χ3n) is 5.79. The van der Waals surface area contributed by atoms with Crippen LogP contribution in [0.5, 0.6) is 5.88 Å². The van der Waals surface area contributed by atoms with Crippen molar-refractivity contribution in [3.05, 3.63) is 71.5 Å². The summed E-state index contributed by atoms with van der Waals surface area (Å²) in [7, 11) is 1.62. The van der Waals surface area contributed by atoms with Gasteiger partial charge in [0.05, 0.1) is 17.8 Å². The molecule has 2 unspecified atom stereocenters. The van der Waals surface area contributed by atoms with Gasteiger partial charge in [0, 0.05) is 55.1 Å². The molecular formula is C24H24F5N5O2. The van der Waals surface area contributed by atoms with Gasteiger partial charge < -0.3 is 15.0 Å². The number of carbonyl (C=O) groups excluding carboxylic acids is 1. The summed E-state index contributed by atoms with van der Waals surface area (Å²) in [5.74, 6) is -4.89. The molecule has 36 heavy (non-hydrogen) atoms. The Bertz CT molecular complexity index is 1230. The Morgan fingerprint density at radius 2 is 2.03 bits per heavy atom. The summed E-state index contributed by atoms with van der Waals surface area (Å²) in [6.07, 6.45) is 3.72. The minimum absolute atomic E-state index is 0.00686. The molecule has 0 saturated carbocycles. The smallest absolute Gasteiger partial charge is 0.417 e. The number of alkyl halides is 5. The van der Waals surface area contributed by atoms with E-state index in [2.05, 4.69) is 15.4 Å². The lowest BCUT2D eigenvalue weighted by molar-refractivity contribution is -0.137. The van der Waals surface area contributed by atoms with Gasteiger partial charge >= 0.3 is 6.18 Å². The summed E-state index contributed by atoms with van der Waals surface area (Å²) in [5.41, 5.74) is 0.228. The molecule has 0 aliphatic carbocycles. The number of hydrogen-bond acceptors (Lipinski definition) is 5. The van der Waals surface area contributed by atoms with Crippen molar-refractivity contribution in [2.75, 3.05) is 6.54 Å². The van der Waals surface area contributed by atoms with E-state index in [-0.39, 0.29) is 23.3 Å². The van der Waals surface area contributed by atoms with Crippen LogP contribution < -0.4 is 10.1 Å². The van der Waals surface area contributed by atoms with E-state index >= 15 is 0 Å². The first-order valence-electron chi connectivity index (χ1n) is 11.1. The second-order valence-corrected chi connectivity index (χ2v) is 8.86. The molecule has 1 amide bonds. The van der Waals surface area contributed by atoms with Gasteiger partial charge in [-0.05, 0) is 19.1 Å². The predicted molar refractivity (Wildman–Crippen MR) is 121 cm³/mol. The van der Waals surface area contributed by atoms with Crippen molar-refractivity contribution < 1.29 is 31.5 Å². The highest BCUT2D eigenvalue weighted by Crippen LogP contribution is 2.38. The summed E-state index contributed by atoms with van der Waals surface area (Å²) in [6.45, 7) is 2.53. The predicted octanol–water partition coefficient (Wildman–Crippen LogP) is 4.76. The number of dihydropyridines is 1. The Labute approximate surface area is 203 Å². The molecule has 0 aromatic carbocycles. The van der Waals surface area contributed by atoms with Crippen LogP contribution in [0.15, 0.2) is 54.7 Å². The van der Waals surface area contributed by atoms with Crippen molar-refractivity contribution in [2.45, 2.75) is 38.4 Å². The maximum atomic E-state index is 14.5. The molecular weight excluding hydrogens is 485 g/mol. The topological polar surface area (TPSA) is 72.3 Å². The Morgan fingerprint density at radius 3 is 2.67 bits per heavy atom. The summed E-state index contributed by atoms with van der Waals surface area (Å²) in [6, 6.07) is 1.80. The average Bonchev–Trinajstić information content (AvgIpc) is 3.18. The molecule has 12 heteroatoms. The second kappa shape index (κ2) is 9.40. The van der Waals surface area contributed by atoms with Crippen LogP contribution in [0, 0.1) is 5.92 Å². The van der Waals surface area contributed by atoms with Crippen LogP contribution in [-0.4, -0.2) is 44.1 Å². The quantitative estimate of drug-likeness (QED) is 0.476. The molecule has 2 aromatic rings. The van der Waals surface area contributed by atoms with E-state index in [0.717, 1.165) is 23.3 Å². The SMILES string of the molecule is CC1C=CC=C(c2cn(C)nc2C(=O)N2CC(F)(F)CC(C)/C2=C\Oc2ccc(C(F)(F)F)cn2)N1. The lowest BCUT2D eigenvalue weighted by Gasteiger charge is -2.38. The average molecular weight is 509 g/mol. The molecule has 2 aliphatic rings. The van der Waals surface area contributed by atoms with E-state index in [1.54, 1.807) is 19.3 Å². The van der Waals surface area contributed by atoms with Gasteiger partial charge in [-0.1, -0.05) is 19.1 Å². The highest BCUT2D eigenvalue weighted by atomic mass is 19.4. The van der Waals surface area contributed by atoms with Crippen molar-refractivity contribution >= 4 is 11.6 Å². The minimum atomic E-state index is -4.56. The third-order valence-corrected chi connectivity index (χ3v) is 5.79. The highest BCUT2D eigenvalue weighted by molar-refractivity contribution is 5.98. The van der Waals surface area contributed by atoms with E-state index < -0.39 is 42.5 Å². The zero-order valence-corrected chi connectivity index (χ0v) is 19.7. The van der Waals surface area contributed by atoms with E-state index in [4.69, 9.17) is 4.74 Å². The number of nitrogens with zero attached hydrogens (tertiary/aromatic N) is 4. The summed E-state index contributed by atoms with van der Waals surface area (Å²) < 4.78 is 74.3. The van der Waals surface area contributed by atoms with E-state index in [1.165, 1.54) is 11.6 Å². The maximum Gasteiger partial charge on any atom is 0.417 e. The third kappa shape index (κ3) is 5.42. The number of piperidine rings is 1. The molecule has 2 aromatic heterocycles. The number of pyridine rings is 1. The number of halogens is 5. The minimum Gasteiger partial charge on any atom is -0.445 e. The fourth-order valence-corrected chi connectivity index (χ4v) is 4.11. The number of hydrogen-bond donors (Lipinski definition) is 1. The van der Waals surface area contributed by atoms with Crippen molar-refractivity contribution in [1.29, 1.82) is 0 Å². The number of nitrogens with one attached hydrogen (secondary N) is 1. The lowest BCUT2D eigenvalue weighted by Crippen LogP contribution is -2.48. The number of aromatic nitrogens is 3. The van der Waals surface area contributed by atoms with Crippen molar-refractivity contribution in [3.63, 3.8) is 0 Å². The Kier molecular flexibility index (Phi) is 6.63. The molecule has 4 rings (SSSR count). The van der Waals surface area contributed by atoms with Crippen LogP contribution in [0.1, 0.15) is 41.9 Å². The number of likely N-dealkylation sites (tertiary alicyclic amines) is 1. The summed E-state index contributed by atoms with van der Waals surface area (Å²) >= 11 is 0. The maximum absolute atomic E-state index is 14.5. The molecule has 1 saturated heterocycles. The molecule has 192 valence electrons. The van der Waals surface area contributed by atoms with Gasteiger partial charge in [-0.15, -0.1) is 0 Å². The molecule has 0 bridgehead atoms. The molecule has 4 heterocycles. The van der Waals surface area contributed by atoms with E-state index in [9.17, 15) is 26.7 Å². The molecule has 2 atom stereocenters. The largest absolute Gasteiger partial charge is 0.445 e. The van der Waals surface area contributed by atoms with Gasteiger partial charge in [0.25, 0.3) is 11.8 Å². The van der Waals surface area contributed by atoms with Gasteiger partial charge in [0.1, 0.15) is 6.26 Å². The highest BCUT2D eigenvalue weighted by Gasteiger charge is 2.45. The Balaban J connectivity index is 1.66. The number of carbonyl (C=O) groups is 1. The number of ether oxygens (including phenoxy) is 1. The molecule has 0 radical (unpaired) electrons. The number of amides is 1. The number of allylic oxidation sites excluding steroid dienone is 3. The fraction of sp³-hybridized carbons (Fsp3) is 0.375. The Morgan fingerprint density at radius 1 is 1.28 bits per heavy atom. The molecule has 1 N–H and O–H groups in total. The first kappa shape index (κ1) is 25.4. The second-order valence-electron chi connectivity index (χ2n) is 8.86. The first-order chi connectivity index (χ1) is 16.8. The number of rotatable bonds is 4. The van der Waals surface area contributed by atoms with Crippen LogP contribution >= 0.6 is 0 Å². The normalized spacial score (nSPS) is 22.8. The summed E-state index contributed by atoms with van der Waals surface area (Å²) in [5, 5.41) is 7.45. The van der Waals surface area contributed by atoms with E-state index in [0.29, 0.717) is 17.5 Å². The molecule has 2 aliphatic heterocycles. The van der Waals surface area contributed by atoms with Crippen LogP contribution in [0.25, 0.3) is 5.70 Å². The van der Waals surface area contributed by atoms with Crippen LogP contribution in [0.2, 0.25) is 0 Å². The van der Waals surface area contributed by atoms with Crippen molar-refractivity contribution in [2.24, 2.45) is 13.0 Å². The van der Waals surface area contributed by atoms with Crippen LogP contribution in [0.3, 0.4) is 0 Å². The van der Waals surface area contributed by atoms with Crippen LogP contribution in [0.4, 0.5) is 22.0 Å². The Hall–Kier alpha value is -3.70. The first-order valence-corrected chi connectivity index (χ1v) is 11.1. The lowest BCUT2D eigenvalue weighted by atomic mass is 9.93. The molecule has 1 fully saturated rings. The standard InChI is InChI=1S/C24H24F5N5O2/c1-14-9-23(25,26)13-34(19(14)12-36-20-8-7-16(10-30-20)24(27,28)29)22(35)21-17(11-33(3)32-21)18-6-4-5-15(2)31-18/h4-8,10-12,14-15,31H,9,13H2,1-3H3/b19-12+. The number of aryl methyl sites for hydroxylation is 1. The van der Waals surface area contributed by atoms with Gasteiger partial charge in [-0.3, -0.25) is 9.48 Å². The van der Waals surface area contributed by atoms with Gasteiger partial charge in [-0.2, -0.15) is 18.3 Å². The van der Waals surface area contributed by atoms with Crippen molar-refractivity contribution in [3.8, 4) is 5.88 Å². The van der Waals surface area contributed by atoms with E-state index in [1.807, 2.05) is 19.1 Å². The summed E-state index contributed by atoms with van der Waals surface area (Å²) in [4.78, 5) is 18.1. The zero-order chi connectivity index (χ0) is 26.3. The molecule has 0 spiro atoms. The fourth-order valence-electron chi connectivity index (χ4n) is 4.11. The van der Waals surface area contributed by atoms with Gasteiger partial charge in [0.15, 0.2) is 5.69 Å². The van der Waals surface area contributed by atoms with Gasteiger partial charge in [-0.25, -0.2) is 13.8 Å². The van der Waals surface area contributed by atoms with Gasteiger partial charge in [0.2, 0.25) is 5.88 Å². The molecule has 7 nitrogen and oxygen atoms in total.